The highest BCUT2D eigenvalue weighted by molar-refractivity contribution is 7.89. The Morgan fingerprint density at radius 1 is 0.935 bits per heavy atom. The summed E-state index contributed by atoms with van der Waals surface area (Å²) in [5, 5.41) is 10.9. The number of hydrogen-bond acceptors (Lipinski definition) is 4. The summed E-state index contributed by atoms with van der Waals surface area (Å²) >= 11 is 0. The van der Waals surface area contributed by atoms with Crippen LogP contribution in [0.5, 0.6) is 0 Å². The van der Waals surface area contributed by atoms with Crippen molar-refractivity contribution in [2.24, 2.45) is 5.14 Å². The number of aryl methyl sites for hydroxylation is 1. The van der Waals surface area contributed by atoms with E-state index in [1.807, 2.05) is 36.4 Å². The maximum atomic E-state index is 13.4. The summed E-state index contributed by atoms with van der Waals surface area (Å²) in [7, 11) is -3.51. The number of fused-ring (bicyclic) bond motifs is 1. The lowest BCUT2D eigenvalue weighted by Gasteiger charge is -2.12. The van der Waals surface area contributed by atoms with E-state index in [-0.39, 0.29) is 11.3 Å². The van der Waals surface area contributed by atoms with Gasteiger partial charge in [0, 0.05) is 10.9 Å². The van der Waals surface area contributed by atoms with E-state index in [1.165, 1.54) is 28.9 Å². The fourth-order valence-corrected chi connectivity index (χ4v) is 4.06. The van der Waals surface area contributed by atoms with Crippen LogP contribution >= 0.6 is 0 Å². The largest absolute Gasteiger partial charge is 0.279 e. The Balaban J connectivity index is 1.82. The minimum atomic E-state index is -3.51. The first-order valence-corrected chi connectivity index (χ1v) is 11.4. The molecular weight excluding hydrogens is 417 g/mol. The molecule has 0 atom stereocenters. The van der Waals surface area contributed by atoms with Crippen LogP contribution in [0.4, 0.5) is 4.39 Å². The van der Waals surface area contributed by atoms with E-state index in [9.17, 15) is 17.6 Å². The number of halogens is 1. The first-order chi connectivity index (χ1) is 14.8. The van der Waals surface area contributed by atoms with Crippen molar-refractivity contribution in [3.63, 3.8) is 0 Å². The summed E-state index contributed by atoms with van der Waals surface area (Å²) in [5.74, 6) is -0.488. The van der Waals surface area contributed by atoms with Gasteiger partial charge < -0.3 is 0 Å². The molecule has 0 aliphatic heterocycles. The molecule has 1 aromatic heterocycles. The summed E-state index contributed by atoms with van der Waals surface area (Å²) in [4.78, 5) is 13.0. The third-order valence-corrected chi connectivity index (χ3v) is 5.83. The zero-order chi connectivity index (χ0) is 22.0. The normalized spacial score (nSPS) is 11.7. The van der Waals surface area contributed by atoms with Crippen molar-refractivity contribution < 1.29 is 12.8 Å². The molecule has 0 saturated carbocycles. The highest BCUT2D eigenvalue weighted by atomic mass is 32.2. The van der Waals surface area contributed by atoms with Crippen LogP contribution in [0.15, 0.2) is 77.6 Å². The number of rotatable bonds is 6. The SMILES string of the molecule is NS(=O)(=O)CCCc1cccc(-c2nn(-c3ccc(F)cc3)c(=O)c3ccccc23)c1. The Kier molecular flexibility index (Phi) is 5.67. The third-order valence-electron chi connectivity index (χ3n) is 4.97. The molecule has 0 aliphatic rings. The lowest BCUT2D eigenvalue weighted by atomic mass is 10.0. The lowest BCUT2D eigenvalue weighted by molar-refractivity contribution is 0.595. The van der Waals surface area contributed by atoms with Crippen LogP contribution in [0.25, 0.3) is 27.7 Å². The zero-order valence-corrected chi connectivity index (χ0v) is 17.3. The summed E-state index contributed by atoms with van der Waals surface area (Å²) in [6.45, 7) is 0. The van der Waals surface area contributed by atoms with Crippen molar-refractivity contribution in [2.45, 2.75) is 12.8 Å². The number of nitrogens with two attached hydrogens (primary N) is 1. The van der Waals surface area contributed by atoms with Gasteiger partial charge in [0.1, 0.15) is 5.82 Å². The topological polar surface area (TPSA) is 95.1 Å². The predicted octanol–water partition coefficient (Wildman–Crippen LogP) is 3.41. The number of hydrogen-bond donors (Lipinski definition) is 1. The predicted molar refractivity (Wildman–Crippen MR) is 119 cm³/mol. The number of nitrogens with zero attached hydrogens (tertiary/aromatic N) is 2. The van der Waals surface area contributed by atoms with Gasteiger partial charge >= 0.3 is 0 Å². The van der Waals surface area contributed by atoms with E-state index in [1.54, 1.807) is 12.1 Å². The van der Waals surface area contributed by atoms with Crippen LogP contribution in [0.1, 0.15) is 12.0 Å². The van der Waals surface area contributed by atoms with Gasteiger partial charge in [-0.3, -0.25) is 4.79 Å². The molecule has 3 aromatic carbocycles. The fraction of sp³-hybridized carbons (Fsp3) is 0.130. The zero-order valence-electron chi connectivity index (χ0n) is 16.5. The molecule has 0 fully saturated rings. The number of sulfonamides is 1. The average molecular weight is 437 g/mol. The molecule has 158 valence electrons. The molecule has 1 heterocycles. The van der Waals surface area contributed by atoms with Crippen molar-refractivity contribution in [1.82, 2.24) is 9.78 Å². The smallest absolute Gasteiger partial charge is 0.267 e. The molecule has 0 unspecified atom stereocenters. The van der Waals surface area contributed by atoms with E-state index in [4.69, 9.17) is 5.14 Å². The Hall–Kier alpha value is -3.36. The first-order valence-electron chi connectivity index (χ1n) is 9.70. The van der Waals surface area contributed by atoms with Gasteiger partial charge in [0.05, 0.1) is 22.5 Å². The maximum Gasteiger partial charge on any atom is 0.279 e. The van der Waals surface area contributed by atoms with E-state index in [0.29, 0.717) is 35.0 Å². The maximum absolute atomic E-state index is 13.4. The van der Waals surface area contributed by atoms with Crippen molar-refractivity contribution >= 4 is 20.8 Å². The molecule has 8 heteroatoms. The third kappa shape index (κ3) is 4.70. The molecule has 0 amide bonds. The van der Waals surface area contributed by atoms with Gasteiger partial charge in [0.15, 0.2) is 0 Å². The van der Waals surface area contributed by atoms with Gasteiger partial charge in [0.2, 0.25) is 10.0 Å². The van der Waals surface area contributed by atoms with Crippen LogP contribution in [0.3, 0.4) is 0 Å². The molecule has 0 spiro atoms. The second-order valence-corrected chi connectivity index (χ2v) is 8.99. The molecule has 2 N–H and O–H groups in total. The van der Waals surface area contributed by atoms with Gasteiger partial charge in [-0.15, -0.1) is 0 Å². The molecule has 31 heavy (non-hydrogen) atoms. The second kappa shape index (κ2) is 8.41. The molecule has 0 radical (unpaired) electrons. The summed E-state index contributed by atoms with van der Waals surface area (Å²) in [5.41, 5.74) is 2.50. The number of aromatic nitrogens is 2. The monoisotopic (exact) mass is 437 g/mol. The van der Waals surface area contributed by atoms with Crippen molar-refractivity contribution in [3.05, 3.63) is 94.5 Å². The Labute approximate surface area is 178 Å². The second-order valence-electron chi connectivity index (χ2n) is 7.26. The van der Waals surface area contributed by atoms with E-state index >= 15 is 0 Å². The van der Waals surface area contributed by atoms with Crippen LogP contribution in [-0.2, 0) is 16.4 Å². The standard InChI is InChI=1S/C23H20FN3O3S/c24-18-10-12-19(13-11-18)27-23(28)21-9-2-1-8-20(21)22(26-27)17-7-3-5-16(15-17)6-4-14-31(25,29)30/h1-3,5,7-13,15H,4,6,14H2,(H2,25,29,30). The minimum Gasteiger partial charge on any atom is -0.267 e. The van der Waals surface area contributed by atoms with Gasteiger partial charge in [-0.25, -0.2) is 17.9 Å². The molecule has 0 bridgehead atoms. The van der Waals surface area contributed by atoms with Crippen LogP contribution < -0.4 is 10.7 Å². The summed E-state index contributed by atoms with van der Waals surface area (Å²) in [6, 6.07) is 20.4. The summed E-state index contributed by atoms with van der Waals surface area (Å²) in [6.07, 6.45) is 0.950. The minimum absolute atomic E-state index is 0.0894. The Morgan fingerprint density at radius 2 is 1.65 bits per heavy atom. The van der Waals surface area contributed by atoms with Gasteiger partial charge in [-0.05, 0) is 54.8 Å². The number of primary sulfonamides is 1. The molecule has 0 saturated heterocycles. The van der Waals surface area contributed by atoms with Gasteiger partial charge in [-0.1, -0.05) is 36.4 Å². The van der Waals surface area contributed by atoms with Gasteiger partial charge in [-0.2, -0.15) is 9.78 Å². The van der Waals surface area contributed by atoms with Crippen molar-refractivity contribution in [3.8, 4) is 16.9 Å². The lowest BCUT2D eigenvalue weighted by Crippen LogP contribution is -2.22. The highest BCUT2D eigenvalue weighted by Crippen LogP contribution is 2.26. The van der Waals surface area contributed by atoms with Crippen LogP contribution in [-0.4, -0.2) is 24.0 Å². The molecule has 0 aliphatic carbocycles. The molecule has 6 nitrogen and oxygen atoms in total. The Bertz CT molecular complexity index is 1410. The number of benzene rings is 3. The van der Waals surface area contributed by atoms with E-state index < -0.39 is 15.8 Å². The average Bonchev–Trinajstić information content (AvgIpc) is 2.74. The first kappa shape index (κ1) is 20.9. The highest BCUT2D eigenvalue weighted by Gasteiger charge is 2.14. The summed E-state index contributed by atoms with van der Waals surface area (Å²) < 4.78 is 37.0. The van der Waals surface area contributed by atoms with E-state index in [2.05, 4.69) is 5.10 Å². The fourth-order valence-electron chi connectivity index (χ4n) is 3.51. The molecule has 4 aromatic rings. The Morgan fingerprint density at radius 3 is 2.35 bits per heavy atom. The van der Waals surface area contributed by atoms with E-state index in [0.717, 1.165) is 11.1 Å². The van der Waals surface area contributed by atoms with Crippen molar-refractivity contribution in [2.75, 3.05) is 5.75 Å². The van der Waals surface area contributed by atoms with Crippen molar-refractivity contribution in [1.29, 1.82) is 0 Å². The van der Waals surface area contributed by atoms with Gasteiger partial charge in [0.25, 0.3) is 5.56 Å². The van der Waals surface area contributed by atoms with Crippen LogP contribution in [0, 0.1) is 5.82 Å². The van der Waals surface area contributed by atoms with Crippen LogP contribution in [0.2, 0.25) is 0 Å². The molecular formula is C23H20FN3O3S. The molecule has 4 rings (SSSR count). The quantitative estimate of drug-likeness (QED) is 0.500.